The lowest BCUT2D eigenvalue weighted by Gasteiger charge is -2.10. The van der Waals surface area contributed by atoms with E-state index in [0.717, 1.165) is 35.7 Å². The van der Waals surface area contributed by atoms with E-state index >= 15 is 0 Å². The van der Waals surface area contributed by atoms with E-state index in [1.807, 2.05) is 32.0 Å². The molecule has 0 bridgehead atoms. The van der Waals surface area contributed by atoms with Crippen LogP contribution in [0.1, 0.15) is 31.2 Å². The van der Waals surface area contributed by atoms with Crippen molar-refractivity contribution >= 4 is 24.0 Å². The largest absolute Gasteiger partial charge is 0.334 e. The second-order valence-electron chi connectivity index (χ2n) is 6.02. The van der Waals surface area contributed by atoms with Crippen molar-refractivity contribution in [2.24, 2.45) is 5.92 Å². The number of carbonyl (C=O) groups excluding carboxylic acids is 1. The monoisotopic (exact) mass is 350 g/mol. The Labute approximate surface area is 147 Å². The smallest absolute Gasteiger partial charge is 0.257 e. The van der Waals surface area contributed by atoms with Crippen LogP contribution >= 0.6 is 12.4 Å². The minimum atomic E-state index is -0.0364. The van der Waals surface area contributed by atoms with E-state index in [1.54, 1.807) is 0 Å². The lowest BCUT2D eigenvalue weighted by atomic mass is 10.1. The van der Waals surface area contributed by atoms with Gasteiger partial charge in [-0.15, -0.1) is 12.4 Å². The molecule has 130 valence electrons. The third-order valence-corrected chi connectivity index (χ3v) is 3.96. The number of nitrogens with one attached hydrogen (secondary N) is 2. The van der Waals surface area contributed by atoms with Gasteiger partial charge in [0.15, 0.2) is 5.82 Å². The SMILES string of the molecule is CCc1noc(-c2ccc(C)c(NC(=O)CNCC3CC3)c2)n1.Cl. The van der Waals surface area contributed by atoms with Crippen LogP contribution in [0, 0.1) is 12.8 Å². The summed E-state index contributed by atoms with van der Waals surface area (Å²) in [5.74, 6) is 1.88. The number of benzene rings is 1. The van der Waals surface area contributed by atoms with Gasteiger partial charge < -0.3 is 15.2 Å². The Morgan fingerprint density at radius 1 is 1.38 bits per heavy atom. The maximum absolute atomic E-state index is 12.0. The molecule has 3 rings (SSSR count). The molecule has 1 fully saturated rings. The standard InChI is InChI=1S/C17H22N4O2.ClH/c1-3-15-20-17(23-21-15)13-7-4-11(2)14(8-13)19-16(22)10-18-9-12-5-6-12;/h4,7-8,12,18H,3,5-6,9-10H2,1-2H3,(H,19,22);1H. The number of hydrogen-bond acceptors (Lipinski definition) is 5. The Morgan fingerprint density at radius 2 is 2.17 bits per heavy atom. The van der Waals surface area contributed by atoms with Crippen LogP contribution in [0.3, 0.4) is 0 Å². The fourth-order valence-corrected chi connectivity index (χ4v) is 2.31. The average Bonchev–Trinajstić information content (AvgIpc) is 3.24. The molecule has 0 unspecified atom stereocenters. The highest BCUT2D eigenvalue weighted by molar-refractivity contribution is 5.93. The van der Waals surface area contributed by atoms with Gasteiger partial charge in [0.05, 0.1) is 6.54 Å². The fraction of sp³-hybridized carbons (Fsp3) is 0.471. The predicted octanol–water partition coefficient (Wildman–Crippen LogP) is 2.97. The highest BCUT2D eigenvalue weighted by Crippen LogP contribution is 2.27. The Morgan fingerprint density at radius 3 is 2.83 bits per heavy atom. The highest BCUT2D eigenvalue weighted by atomic mass is 35.5. The molecular weight excluding hydrogens is 328 g/mol. The maximum atomic E-state index is 12.0. The topological polar surface area (TPSA) is 80.0 Å². The molecule has 1 amide bonds. The summed E-state index contributed by atoms with van der Waals surface area (Å²) in [6.45, 7) is 5.20. The van der Waals surface area contributed by atoms with E-state index in [9.17, 15) is 4.79 Å². The number of halogens is 1. The first-order chi connectivity index (χ1) is 11.2. The van der Waals surface area contributed by atoms with Crippen LogP contribution in [-0.4, -0.2) is 29.1 Å². The molecule has 2 aromatic rings. The highest BCUT2D eigenvalue weighted by Gasteiger charge is 2.20. The molecule has 24 heavy (non-hydrogen) atoms. The summed E-state index contributed by atoms with van der Waals surface area (Å²) in [4.78, 5) is 16.4. The summed E-state index contributed by atoms with van der Waals surface area (Å²) in [6.07, 6.45) is 3.28. The molecule has 0 atom stereocenters. The van der Waals surface area contributed by atoms with E-state index in [-0.39, 0.29) is 18.3 Å². The number of hydrogen-bond donors (Lipinski definition) is 2. The van der Waals surface area contributed by atoms with E-state index in [1.165, 1.54) is 12.8 Å². The van der Waals surface area contributed by atoms with Gasteiger partial charge in [0.2, 0.25) is 5.91 Å². The number of anilines is 1. The van der Waals surface area contributed by atoms with Crippen LogP contribution in [0.2, 0.25) is 0 Å². The molecule has 1 heterocycles. The van der Waals surface area contributed by atoms with Gasteiger partial charge in [0.25, 0.3) is 5.89 Å². The maximum Gasteiger partial charge on any atom is 0.257 e. The quantitative estimate of drug-likeness (QED) is 0.802. The molecule has 0 radical (unpaired) electrons. The number of aryl methyl sites for hydroxylation is 2. The number of nitrogens with zero attached hydrogens (tertiary/aromatic N) is 2. The molecule has 1 aliphatic carbocycles. The zero-order valence-corrected chi connectivity index (χ0v) is 14.8. The van der Waals surface area contributed by atoms with E-state index in [2.05, 4.69) is 20.8 Å². The van der Waals surface area contributed by atoms with Crippen molar-refractivity contribution in [3.8, 4) is 11.5 Å². The number of amides is 1. The van der Waals surface area contributed by atoms with Crippen LogP contribution in [0.25, 0.3) is 11.5 Å². The van der Waals surface area contributed by atoms with Gasteiger partial charge in [-0.2, -0.15) is 4.98 Å². The van der Waals surface area contributed by atoms with Crippen molar-refractivity contribution in [3.05, 3.63) is 29.6 Å². The van der Waals surface area contributed by atoms with E-state index in [4.69, 9.17) is 4.52 Å². The number of rotatable bonds is 7. The summed E-state index contributed by atoms with van der Waals surface area (Å²) >= 11 is 0. The first kappa shape index (κ1) is 18.4. The van der Waals surface area contributed by atoms with Gasteiger partial charge in [-0.3, -0.25) is 4.79 Å². The third kappa shape index (κ3) is 4.79. The predicted molar refractivity (Wildman–Crippen MR) is 95.3 cm³/mol. The first-order valence-corrected chi connectivity index (χ1v) is 8.10. The van der Waals surface area contributed by atoms with E-state index in [0.29, 0.717) is 18.3 Å². The number of aromatic nitrogens is 2. The second kappa shape index (κ2) is 8.26. The normalized spacial score (nSPS) is 13.4. The Bertz CT molecular complexity index is 698. The summed E-state index contributed by atoms with van der Waals surface area (Å²) in [5, 5.41) is 10.0. The lowest BCUT2D eigenvalue weighted by molar-refractivity contribution is -0.115. The summed E-state index contributed by atoms with van der Waals surface area (Å²) in [5.41, 5.74) is 2.58. The van der Waals surface area contributed by atoms with Crippen molar-refractivity contribution in [1.82, 2.24) is 15.5 Å². The van der Waals surface area contributed by atoms with Crippen LogP contribution < -0.4 is 10.6 Å². The Hall–Kier alpha value is -1.92. The Kier molecular flexibility index (Phi) is 6.34. The minimum Gasteiger partial charge on any atom is -0.334 e. The molecule has 7 heteroatoms. The van der Waals surface area contributed by atoms with Crippen molar-refractivity contribution in [1.29, 1.82) is 0 Å². The minimum absolute atomic E-state index is 0. The molecule has 0 saturated heterocycles. The van der Waals surface area contributed by atoms with Gasteiger partial charge in [-0.05, 0) is 49.9 Å². The van der Waals surface area contributed by atoms with Gasteiger partial charge in [-0.1, -0.05) is 18.1 Å². The molecule has 6 nitrogen and oxygen atoms in total. The molecule has 0 aliphatic heterocycles. The van der Waals surface area contributed by atoms with Gasteiger partial charge in [0, 0.05) is 17.7 Å². The zero-order valence-electron chi connectivity index (χ0n) is 14.0. The summed E-state index contributed by atoms with van der Waals surface area (Å²) in [7, 11) is 0. The lowest BCUT2D eigenvalue weighted by Crippen LogP contribution is -2.29. The molecule has 1 aromatic heterocycles. The molecule has 0 spiro atoms. The van der Waals surface area contributed by atoms with Gasteiger partial charge in [0.1, 0.15) is 0 Å². The Balaban J connectivity index is 0.00000208. The van der Waals surface area contributed by atoms with Gasteiger partial charge in [-0.25, -0.2) is 0 Å². The molecule has 1 aliphatic rings. The van der Waals surface area contributed by atoms with Crippen LogP contribution in [0.15, 0.2) is 22.7 Å². The van der Waals surface area contributed by atoms with E-state index < -0.39 is 0 Å². The molecule has 2 N–H and O–H groups in total. The van der Waals surface area contributed by atoms with Crippen molar-refractivity contribution in [2.75, 3.05) is 18.4 Å². The second-order valence-corrected chi connectivity index (χ2v) is 6.02. The van der Waals surface area contributed by atoms with Crippen LogP contribution in [-0.2, 0) is 11.2 Å². The summed E-state index contributed by atoms with van der Waals surface area (Å²) in [6, 6.07) is 5.74. The first-order valence-electron chi connectivity index (χ1n) is 8.10. The van der Waals surface area contributed by atoms with Crippen molar-refractivity contribution < 1.29 is 9.32 Å². The average molecular weight is 351 g/mol. The van der Waals surface area contributed by atoms with Crippen LogP contribution in [0.4, 0.5) is 5.69 Å². The zero-order chi connectivity index (χ0) is 16.2. The molecule has 1 aromatic carbocycles. The fourth-order valence-electron chi connectivity index (χ4n) is 2.31. The van der Waals surface area contributed by atoms with Crippen molar-refractivity contribution in [3.63, 3.8) is 0 Å². The molecule has 1 saturated carbocycles. The van der Waals surface area contributed by atoms with Crippen LogP contribution in [0.5, 0.6) is 0 Å². The molecular formula is C17H23ClN4O2. The van der Waals surface area contributed by atoms with Crippen molar-refractivity contribution in [2.45, 2.75) is 33.1 Å². The van der Waals surface area contributed by atoms with Gasteiger partial charge >= 0.3 is 0 Å². The number of carbonyl (C=O) groups is 1. The summed E-state index contributed by atoms with van der Waals surface area (Å²) < 4.78 is 5.25. The third-order valence-electron chi connectivity index (χ3n) is 3.96.